The van der Waals surface area contributed by atoms with E-state index in [0.29, 0.717) is 25.6 Å². The van der Waals surface area contributed by atoms with Crippen molar-refractivity contribution in [2.24, 2.45) is 0 Å². The molecule has 1 fully saturated rings. The van der Waals surface area contributed by atoms with Crippen LogP contribution in [0, 0.1) is 6.92 Å². The Kier molecular flexibility index (Phi) is 8.13. The van der Waals surface area contributed by atoms with Gasteiger partial charge < -0.3 is 14.6 Å². The number of hydrogen-bond donors (Lipinski definition) is 1. The molecule has 0 aromatic carbocycles. The highest BCUT2D eigenvalue weighted by Crippen LogP contribution is 2.28. The number of rotatable bonds is 10. The summed E-state index contributed by atoms with van der Waals surface area (Å²) in [7, 11) is -4.34. The molecule has 4 rings (SSSR count). The maximum atomic E-state index is 12.4. The van der Waals surface area contributed by atoms with E-state index >= 15 is 0 Å². The van der Waals surface area contributed by atoms with Gasteiger partial charge in [0.15, 0.2) is 5.65 Å². The van der Waals surface area contributed by atoms with E-state index in [0.717, 1.165) is 53.6 Å². The SMILES string of the molecule is CCS(=O)(=O)N1CCCC(Nc2nc(C)ccc2-c2cnc3c(ccn3COCC[Si](C)(C)C)n2)C1. The number of sulfonamides is 1. The van der Waals surface area contributed by atoms with Gasteiger partial charge in [0.1, 0.15) is 18.1 Å². The third-order valence-electron chi connectivity index (χ3n) is 6.48. The number of nitrogens with one attached hydrogen (secondary N) is 1. The maximum Gasteiger partial charge on any atom is 0.213 e. The van der Waals surface area contributed by atoms with Gasteiger partial charge >= 0.3 is 0 Å². The van der Waals surface area contributed by atoms with Crippen LogP contribution < -0.4 is 5.32 Å². The standard InChI is InChI=1S/C25H38N6O3SSi/c1-6-35(32,33)31-12-7-8-20(17-31)28-24-21(10-9-19(2)27-24)23-16-26-25-22(29-23)11-13-30(25)18-34-14-15-36(3,4)5/h9-11,13,16,20H,6-8,12,14-15,17-18H2,1-5H3,(H,27,28). The fourth-order valence-corrected chi connectivity index (χ4v) is 6.23. The number of aromatic nitrogens is 4. The van der Waals surface area contributed by atoms with Crippen LogP contribution in [0.15, 0.2) is 30.6 Å². The number of nitrogens with zero attached hydrogens (tertiary/aromatic N) is 5. The smallest absolute Gasteiger partial charge is 0.213 e. The summed E-state index contributed by atoms with van der Waals surface area (Å²) in [5.41, 5.74) is 4.04. The Morgan fingerprint density at radius 2 is 2.00 bits per heavy atom. The van der Waals surface area contributed by atoms with Gasteiger partial charge in [-0.25, -0.2) is 23.4 Å². The van der Waals surface area contributed by atoms with Crippen molar-refractivity contribution in [3.8, 4) is 11.3 Å². The van der Waals surface area contributed by atoms with Gasteiger partial charge in [-0.1, -0.05) is 19.6 Å². The monoisotopic (exact) mass is 530 g/mol. The van der Waals surface area contributed by atoms with Crippen LogP contribution in [0.25, 0.3) is 22.4 Å². The number of piperidine rings is 1. The van der Waals surface area contributed by atoms with Crippen molar-refractivity contribution in [1.29, 1.82) is 0 Å². The van der Waals surface area contributed by atoms with Crippen molar-refractivity contribution >= 4 is 35.1 Å². The van der Waals surface area contributed by atoms with E-state index in [1.807, 2.05) is 35.9 Å². The predicted octanol–water partition coefficient (Wildman–Crippen LogP) is 4.34. The van der Waals surface area contributed by atoms with Gasteiger partial charge in [0.05, 0.1) is 17.6 Å². The first-order valence-electron chi connectivity index (χ1n) is 12.7. The summed E-state index contributed by atoms with van der Waals surface area (Å²) in [6.45, 7) is 12.9. The molecule has 4 heterocycles. The maximum absolute atomic E-state index is 12.4. The molecule has 36 heavy (non-hydrogen) atoms. The average Bonchev–Trinajstić information content (AvgIpc) is 3.24. The van der Waals surface area contributed by atoms with Crippen LogP contribution in [-0.4, -0.2) is 71.8 Å². The van der Waals surface area contributed by atoms with E-state index in [-0.39, 0.29) is 11.8 Å². The summed E-state index contributed by atoms with van der Waals surface area (Å²) in [6, 6.07) is 7.02. The molecule has 9 nitrogen and oxygen atoms in total. The topological polar surface area (TPSA) is 102 Å². The molecule has 11 heteroatoms. The first-order valence-corrected chi connectivity index (χ1v) is 18.0. The lowest BCUT2D eigenvalue weighted by Crippen LogP contribution is -2.45. The van der Waals surface area contributed by atoms with Crippen molar-refractivity contribution in [2.75, 3.05) is 30.8 Å². The molecular weight excluding hydrogens is 492 g/mol. The molecule has 3 aromatic rings. The first kappa shape index (κ1) is 26.7. The molecule has 1 aliphatic heterocycles. The summed E-state index contributed by atoms with van der Waals surface area (Å²) in [6.07, 6.45) is 5.43. The molecule has 0 amide bonds. The second-order valence-corrected chi connectivity index (χ2v) is 18.6. The van der Waals surface area contributed by atoms with Crippen molar-refractivity contribution in [2.45, 2.75) is 65.1 Å². The number of pyridine rings is 1. The lowest BCUT2D eigenvalue weighted by atomic mass is 10.1. The second kappa shape index (κ2) is 11.0. The second-order valence-electron chi connectivity index (χ2n) is 10.7. The zero-order valence-electron chi connectivity index (χ0n) is 22.0. The molecule has 1 atom stereocenters. The number of hydrogen-bond acceptors (Lipinski definition) is 7. The van der Waals surface area contributed by atoms with Crippen LogP contribution in [0.1, 0.15) is 25.5 Å². The molecule has 1 saturated heterocycles. The Bertz CT molecular complexity index is 1300. The molecule has 196 valence electrons. The van der Waals surface area contributed by atoms with Gasteiger partial charge in [-0.3, -0.25) is 0 Å². The van der Waals surface area contributed by atoms with Crippen LogP contribution in [0.5, 0.6) is 0 Å². The van der Waals surface area contributed by atoms with Crippen LogP contribution in [0.3, 0.4) is 0 Å². The highest BCUT2D eigenvalue weighted by atomic mass is 32.2. The molecule has 0 spiro atoms. The highest BCUT2D eigenvalue weighted by molar-refractivity contribution is 7.89. The molecule has 0 saturated carbocycles. The molecule has 1 unspecified atom stereocenters. The van der Waals surface area contributed by atoms with E-state index in [1.165, 1.54) is 0 Å². The van der Waals surface area contributed by atoms with Gasteiger partial charge in [0.25, 0.3) is 0 Å². The minimum atomic E-state index is -3.21. The lowest BCUT2D eigenvalue weighted by Gasteiger charge is -2.32. The summed E-state index contributed by atoms with van der Waals surface area (Å²) < 4.78 is 34.3. The van der Waals surface area contributed by atoms with Crippen LogP contribution >= 0.6 is 0 Å². The van der Waals surface area contributed by atoms with Gasteiger partial charge in [0, 0.05) is 51.3 Å². The van der Waals surface area contributed by atoms with Crippen molar-refractivity contribution in [1.82, 2.24) is 23.8 Å². The Morgan fingerprint density at radius 3 is 2.75 bits per heavy atom. The third kappa shape index (κ3) is 6.50. The lowest BCUT2D eigenvalue weighted by molar-refractivity contribution is 0.0899. The molecule has 3 aromatic heterocycles. The van der Waals surface area contributed by atoms with Crippen molar-refractivity contribution in [3.63, 3.8) is 0 Å². The molecule has 0 radical (unpaired) electrons. The summed E-state index contributed by atoms with van der Waals surface area (Å²) >= 11 is 0. The first-order chi connectivity index (χ1) is 17.1. The van der Waals surface area contributed by atoms with E-state index in [1.54, 1.807) is 17.4 Å². The fourth-order valence-electron chi connectivity index (χ4n) is 4.30. The molecule has 1 aliphatic rings. The van der Waals surface area contributed by atoms with E-state index < -0.39 is 18.1 Å². The third-order valence-corrected chi connectivity index (χ3v) is 10.0. The Morgan fingerprint density at radius 1 is 1.19 bits per heavy atom. The number of fused-ring (bicyclic) bond motifs is 1. The average molecular weight is 531 g/mol. The Hall–Kier alpha value is -2.34. The summed E-state index contributed by atoms with van der Waals surface area (Å²) in [5.74, 6) is 0.824. The van der Waals surface area contributed by atoms with Gasteiger partial charge in [-0.05, 0) is 50.9 Å². The predicted molar refractivity (Wildman–Crippen MR) is 147 cm³/mol. The quantitative estimate of drug-likeness (QED) is 0.307. The Balaban J connectivity index is 1.52. The van der Waals surface area contributed by atoms with E-state index in [2.05, 4.69) is 25.0 Å². The molecule has 0 aliphatic carbocycles. The largest absolute Gasteiger partial charge is 0.365 e. The van der Waals surface area contributed by atoms with Crippen LogP contribution in [-0.2, 0) is 21.5 Å². The zero-order chi connectivity index (χ0) is 25.9. The van der Waals surface area contributed by atoms with Gasteiger partial charge in [0.2, 0.25) is 10.0 Å². The fraction of sp³-hybridized carbons (Fsp3) is 0.560. The van der Waals surface area contributed by atoms with E-state index in [9.17, 15) is 8.42 Å². The summed E-state index contributed by atoms with van der Waals surface area (Å²) in [4.78, 5) is 14.3. The minimum absolute atomic E-state index is 0.0146. The van der Waals surface area contributed by atoms with Crippen LogP contribution in [0.4, 0.5) is 5.82 Å². The Labute approximate surface area is 215 Å². The number of anilines is 1. The zero-order valence-corrected chi connectivity index (χ0v) is 23.8. The van der Waals surface area contributed by atoms with E-state index in [4.69, 9.17) is 19.7 Å². The highest BCUT2D eigenvalue weighted by Gasteiger charge is 2.28. The number of aryl methyl sites for hydroxylation is 1. The molecule has 0 bridgehead atoms. The summed E-state index contributed by atoms with van der Waals surface area (Å²) in [5, 5.41) is 3.51. The normalized spacial score (nSPS) is 17.5. The molecule has 1 N–H and O–H groups in total. The molecular formula is C25H38N6O3SSi. The van der Waals surface area contributed by atoms with Crippen molar-refractivity contribution < 1.29 is 13.2 Å². The minimum Gasteiger partial charge on any atom is -0.365 e. The number of ether oxygens (including phenoxy) is 1. The van der Waals surface area contributed by atoms with Gasteiger partial charge in [-0.2, -0.15) is 4.31 Å². The van der Waals surface area contributed by atoms with Crippen LogP contribution in [0.2, 0.25) is 25.7 Å². The van der Waals surface area contributed by atoms with Gasteiger partial charge in [-0.15, -0.1) is 0 Å². The van der Waals surface area contributed by atoms with Crippen molar-refractivity contribution in [3.05, 3.63) is 36.3 Å².